The quantitative estimate of drug-likeness (QED) is 0.898. The maximum atomic E-state index is 13.2. The van der Waals surface area contributed by atoms with Crippen molar-refractivity contribution in [2.24, 2.45) is 11.7 Å². The maximum Gasteiger partial charge on any atom is 0.227 e. The molecule has 1 aromatic rings. The lowest BCUT2D eigenvalue weighted by Gasteiger charge is -2.16. The van der Waals surface area contributed by atoms with Gasteiger partial charge in [-0.2, -0.15) is 0 Å². The molecule has 1 unspecified atom stereocenters. The number of anilines is 1. The third kappa shape index (κ3) is 2.46. The van der Waals surface area contributed by atoms with Gasteiger partial charge in [0.05, 0.1) is 5.92 Å². The molecule has 1 aliphatic rings. The van der Waals surface area contributed by atoms with Gasteiger partial charge in [-0.1, -0.05) is 15.9 Å². The van der Waals surface area contributed by atoms with Gasteiger partial charge in [0.2, 0.25) is 11.8 Å². The first-order valence-corrected chi connectivity index (χ1v) is 5.82. The van der Waals surface area contributed by atoms with E-state index in [1.165, 1.54) is 17.0 Å². The Morgan fingerprint density at radius 1 is 1.47 bits per heavy atom. The Labute approximate surface area is 106 Å². The van der Waals surface area contributed by atoms with Gasteiger partial charge in [-0.3, -0.25) is 9.59 Å². The van der Waals surface area contributed by atoms with Crippen LogP contribution in [0.5, 0.6) is 0 Å². The van der Waals surface area contributed by atoms with Crippen LogP contribution in [0.15, 0.2) is 22.7 Å². The average Bonchev–Trinajstić information content (AvgIpc) is 2.59. The van der Waals surface area contributed by atoms with E-state index in [9.17, 15) is 14.0 Å². The summed E-state index contributed by atoms with van der Waals surface area (Å²) in [5.41, 5.74) is 5.59. The molecule has 0 radical (unpaired) electrons. The van der Waals surface area contributed by atoms with Crippen molar-refractivity contribution in [1.29, 1.82) is 0 Å². The molecule has 2 rings (SSSR count). The summed E-state index contributed by atoms with van der Waals surface area (Å²) in [5, 5.41) is 0. The molecule has 1 heterocycles. The number of halogens is 2. The van der Waals surface area contributed by atoms with Crippen molar-refractivity contribution in [3.8, 4) is 0 Å². The van der Waals surface area contributed by atoms with Gasteiger partial charge in [-0.05, 0) is 18.2 Å². The van der Waals surface area contributed by atoms with E-state index in [0.29, 0.717) is 10.2 Å². The molecule has 1 aliphatic heterocycles. The van der Waals surface area contributed by atoms with Crippen molar-refractivity contribution in [2.75, 3.05) is 11.4 Å². The minimum absolute atomic E-state index is 0.0868. The summed E-state index contributed by atoms with van der Waals surface area (Å²) in [5.74, 6) is -1.66. The molecule has 0 spiro atoms. The van der Waals surface area contributed by atoms with Gasteiger partial charge in [0.25, 0.3) is 0 Å². The fourth-order valence-corrected chi connectivity index (χ4v) is 2.30. The van der Waals surface area contributed by atoms with Crippen LogP contribution in [0.3, 0.4) is 0 Å². The second-order valence-electron chi connectivity index (χ2n) is 3.94. The van der Waals surface area contributed by atoms with Crippen LogP contribution in [0, 0.1) is 11.7 Å². The number of nitrogens with two attached hydrogens (primary N) is 1. The highest BCUT2D eigenvalue weighted by Gasteiger charge is 2.34. The number of rotatable bonds is 2. The summed E-state index contributed by atoms with van der Waals surface area (Å²) in [6, 6.07) is 4.19. The van der Waals surface area contributed by atoms with Crippen LogP contribution < -0.4 is 10.6 Å². The first kappa shape index (κ1) is 12.0. The summed E-state index contributed by atoms with van der Waals surface area (Å²) in [4.78, 5) is 24.1. The molecule has 2 N–H and O–H groups in total. The average molecular weight is 301 g/mol. The van der Waals surface area contributed by atoms with E-state index in [2.05, 4.69) is 15.9 Å². The zero-order valence-corrected chi connectivity index (χ0v) is 10.4. The van der Waals surface area contributed by atoms with Gasteiger partial charge in [0.15, 0.2) is 0 Å². The van der Waals surface area contributed by atoms with Crippen LogP contribution in [0.1, 0.15) is 6.42 Å². The third-order valence-corrected chi connectivity index (χ3v) is 3.14. The van der Waals surface area contributed by atoms with Crippen LogP contribution in [0.25, 0.3) is 0 Å². The third-order valence-electron chi connectivity index (χ3n) is 2.69. The summed E-state index contributed by atoms with van der Waals surface area (Å²) in [6.45, 7) is 0.212. The van der Waals surface area contributed by atoms with Crippen LogP contribution in [-0.2, 0) is 9.59 Å². The van der Waals surface area contributed by atoms with E-state index in [4.69, 9.17) is 5.73 Å². The van der Waals surface area contributed by atoms with Crippen LogP contribution >= 0.6 is 15.9 Å². The van der Waals surface area contributed by atoms with Gasteiger partial charge in [-0.15, -0.1) is 0 Å². The standard InChI is InChI=1S/C11H10BrFN2O2/c12-7-2-8(13)4-9(3-7)15-5-6(11(14)17)1-10(15)16/h2-4,6H,1,5H2,(H2,14,17). The minimum Gasteiger partial charge on any atom is -0.369 e. The summed E-state index contributed by atoms with van der Waals surface area (Å²) in [6.07, 6.45) is 0.0868. The van der Waals surface area contributed by atoms with Crippen molar-refractivity contribution in [1.82, 2.24) is 0 Å². The van der Waals surface area contributed by atoms with Crippen molar-refractivity contribution in [2.45, 2.75) is 6.42 Å². The number of carbonyl (C=O) groups excluding carboxylic acids is 2. The minimum atomic E-state index is -0.503. The zero-order chi connectivity index (χ0) is 12.6. The predicted molar refractivity (Wildman–Crippen MR) is 63.8 cm³/mol. The fourth-order valence-electron chi connectivity index (χ4n) is 1.84. The Kier molecular flexibility index (Phi) is 3.15. The molecule has 0 aliphatic carbocycles. The lowest BCUT2D eigenvalue weighted by atomic mass is 10.1. The van der Waals surface area contributed by atoms with Gasteiger partial charge >= 0.3 is 0 Å². The Hall–Kier alpha value is -1.43. The van der Waals surface area contributed by atoms with Crippen molar-refractivity contribution in [3.63, 3.8) is 0 Å². The molecule has 17 heavy (non-hydrogen) atoms. The first-order chi connectivity index (χ1) is 7.97. The number of carbonyl (C=O) groups is 2. The Balaban J connectivity index is 2.28. The van der Waals surface area contributed by atoms with Crippen LogP contribution in [0.4, 0.5) is 10.1 Å². The molecular formula is C11H10BrFN2O2. The highest BCUT2D eigenvalue weighted by molar-refractivity contribution is 9.10. The Morgan fingerprint density at radius 3 is 2.71 bits per heavy atom. The highest BCUT2D eigenvalue weighted by Crippen LogP contribution is 2.28. The van der Waals surface area contributed by atoms with E-state index in [-0.39, 0.29) is 18.9 Å². The molecule has 1 atom stereocenters. The van der Waals surface area contributed by atoms with Gasteiger partial charge in [0, 0.05) is 23.1 Å². The fraction of sp³-hybridized carbons (Fsp3) is 0.273. The molecule has 0 bridgehead atoms. The molecule has 0 saturated carbocycles. The number of primary amides is 1. The van der Waals surface area contributed by atoms with Crippen LogP contribution in [0.2, 0.25) is 0 Å². The number of nitrogens with zero attached hydrogens (tertiary/aromatic N) is 1. The number of hydrogen-bond donors (Lipinski definition) is 1. The normalized spacial score (nSPS) is 19.8. The summed E-state index contributed by atoms with van der Waals surface area (Å²) >= 11 is 3.15. The van der Waals surface area contributed by atoms with Gasteiger partial charge < -0.3 is 10.6 Å². The Morgan fingerprint density at radius 2 is 2.18 bits per heavy atom. The molecule has 0 aromatic heterocycles. The molecule has 1 fully saturated rings. The SMILES string of the molecule is NC(=O)C1CC(=O)N(c2cc(F)cc(Br)c2)C1. The van der Waals surface area contributed by atoms with E-state index in [1.807, 2.05) is 0 Å². The molecule has 1 aromatic carbocycles. The summed E-state index contributed by atoms with van der Waals surface area (Å²) < 4.78 is 13.7. The summed E-state index contributed by atoms with van der Waals surface area (Å²) in [7, 11) is 0. The second kappa shape index (κ2) is 4.44. The lowest BCUT2D eigenvalue weighted by Crippen LogP contribution is -2.28. The number of amides is 2. The lowest BCUT2D eigenvalue weighted by molar-refractivity contribution is -0.123. The van der Waals surface area contributed by atoms with E-state index >= 15 is 0 Å². The topological polar surface area (TPSA) is 63.4 Å². The number of benzene rings is 1. The molecule has 4 nitrogen and oxygen atoms in total. The van der Waals surface area contributed by atoms with Gasteiger partial charge in [0.1, 0.15) is 5.82 Å². The van der Waals surface area contributed by atoms with Gasteiger partial charge in [-0.25, -0.2) is 4.39 Å². The second-order valence-corrected chi connectivity index (χ2v) is 4.85. The molecule has 1 saturated heterocycles. The van der Waals surface area contributed by atoms with Crippen LogP contribution in [-0.4, -0.2) is 18.4 Å². The highest BCUT2D eigenvalue weighted by atomic mass is 79.9. The molecule has 2 amide bonds. The molecule has 6 heteroatoms. The maximum absolute atomic E-state index is 13.2. The first-order valence-electron chi connectivity index (χ1n) is 5.03. The van der Waals surface area contributed by atoms with Crippen molar-refractivity contribution in [3.05, 3.63) is 28.5 Å². The van der Waals surface area contributed by atoms with E-state index in [1.54, 1.807) is 6.07 Å². The molecule has 90 valence electrons. The largest absolute Gasteiger partial charge is 0.369 e. The monoisotopic (exact) mass is 300 g/mol. The Bertz CT molecular complexity index is 472. The van der Waals surface area contributed by atoms with E-state index in [0.717, 1.165) is 0 Å². The molecular weight excluding hydrogens is 291 g/mol. The van der Waals surface area contributed by atoms with E-state index < -0.39 is 17.6 Å². The smallest absolute Gasteiger partial charge is 0.227 e. The number of hydrogen-bond acceptors (Lipinski definition) is 2. The zero-order valence-electron chi connectivity index (χ0n) is 8.82. The van der Waals surface area contributed by atoms with Crippen molar-refractivity contribution >= 4 is 33.4 Å². The van der Waals surface area contributed by atoms with Crippen molar-refractivity contribution < 1.29 is 14.0 Å². The predicted octanol–water partition coefficient (Wildman–Crippen LogP) is 1.43.